The fourth-order valence-electron chi connectivity index (χ4n) is 2.54. The number of ether oxygens (including phenoxy) is 3. The van der Waals surface area contributed by atoms with Crippen LogP contribution in [-0.4, -0.2) is 68.7 Å². The lowest BCUT2D eigenvalue weighted by Crippen LogP contribution is -2.55. The molecule has 0 unspecified atom stereocenters. The Hall–Kier alpha value is -2.13. The zero-order chi connectivity index (χ0) is 24.8. The molecule has 0 aromatic carbocycles. The van der Waals surface area contributed by atoms with Crippen molar-refractivity contribution in [2.45, 2.75) is 38.9 Å². The smallest absolute Gasteiger partial charge is 0.336 e. The molecule has 0 atom stereocenters. The van der Waals surface area contributed by atoms with Crippen LogP contribution in [0.5, 0.6) is 0 Å². The van der Waals surface area contributed by atoms with E-state index in [9.17, 15) is 28.8 Å². The standard InChI is InChI=1S/C18H27N3O9S3/c22-13(29-8-11-32)1-4-19-16(25)20(5-2-14(23)30-9-12-33)18(27)21(17(19)26)6-7-28-15(24)3-10-31/h31-33H,1-12H2. The molecular weight excluding hydrogens is 498 g/mol. The van der Waals surface area contributed by atoms with Gasteiger partial charge in [-0.1, -0.05) is 0 Å². The molecule has 1 aromatic heterocycles. The van der Waals surface area contributed by atoms with E-state index in [4.69, 9.17) is 14.2 Å². The van der Waals surface area contributed by atoms with Gasteiger partial charge in [0.2, 0.25) is 0 Å². The third-order valence-corrected chi connectivity index (χ3v) is 4.66. The second-order valence-electron chi connectivity index (χ2n) is 6.38. The van der Waals surface area contributed by atoms with Crippen LogP contribution in [-0.2, 0) is 48.2 Å². The third kappa shape index (κ3) is 9.71. The Labute approximate surface area is 205 Å². The predicted octanol–water partition coefficient (Wildman–Crippen LogP) is -1.24. The molecule has 1 heterocycles. The molecular formula is C18H27N3O9S3. The average molecular weight is 526 g/mol. The van der Waals surface area contributed by atoms with Crippen molar-refractivity contribution in [3.05, 3.63) is 31.5 Å². The monoisotopic (exact) mass is 525 g/mol. The third-order valence-electron chi connectivity index (χ3n) is 4.07. The lowest BCUT2D eigenvalue weighted by atomic mass is 10.4. The van der Waals surface area contributed by atoms with Crippen LogP contribution in [0.25, 0.3) is 0 Å². The van der Waals surface area contributed by atoms with Crippen molar-refractivity contribution >= 4 is 55.8 Å². The number of thiol groups is 3. The zero-order valence-electron chi connectivity index (χ0n) is 17.8. The highest BCUT2D eigenvalue weighted by molar-refractivity contribution is 7.80. The fourth-order valence-corrected chi connectivity index (χ4v) is 2.91. The molecule has 0 aliphatic carbocycles. The van der Waals surface area contributed by atoms with Gasteiger partial charge in [0.05, 0.1) is 25.8 Å². The van der Waals surface area contributed by atoms with Crippen LogP contribution >= 0.6 is 37.9 Å². The first-order chi connectivity index (χ1) is 15.8. The molecule has 33 heavy (non-hydrogen) atoms. The Morgan fingerprint density at radius 2 is 0.909 bits per heavy atom. The number of hydrogen-bond acceptors (Lipinski definition) is 12. The number of carbonyl (C=O) groups excluding carboxylic acids is 3. The van der Waals surface area contributed by atoms with E-state index < -0.39 is 35.0 Å². The lowest BCUT2D eigenvalue weighted by Gasteiger charge is -2.14. The normalized spacial score (nSPS) is 10.6. The maximum atomic E-state index is 12.8. The van der Waals surface area contributed by atoms with Crippen LogP contribution in [0.4, 0.5) is 0 Å². The van der Waals surface area contributed by atoms with Crippen molar-refractivity contribution in [1.29, 1.82) is 0 Å². The minimum absolute atomic E-state index is 0.0462. The van der Waals surface area contributed by atoms with E-state index >= 15 is 0 Å². The van der Waals surface area contributed by atoms with Crippen LogP contribution in [0, 0.1) is 0 Å². The minimum Gasteiger partial charge on any atom is -0.465 e. The SMILES string of the molecule is O=C(CCS)OCCn1c(=O)n(CCC(=O)OCCS)c(=O)n(CCC(=O)OCCS)c1=O. The Balaban J connectivity index is 3.18. The van der Waals surface area contributed by atoms with E-state index in [0.29, 0.717) is 25.2 Å². The summed E-state index contributed by atoms with van der Waals surface area (Å²) in [6, 6.07) is 0. The van der Waals surface area contributed by atoms with E-state index in [-0.39, 0.29) is 64.5 Å². The molecule has 0 fully saturated rings. The minimum atomic E-state index is -0.989. The van der Waals surface area contributed by atoms with Crippen molar-refractivity contribution in [2.75, 3.05) is 37.1 Å². The summed E-state index contributed by atoms with van der Waals surface area (Å²) in [4.78, 5) is 73.4. The average Bonchev–Trinajstić information content (AvgIpc) is 2.78. The molecule has 0 saturated heterocycles. The summed E-state index contributed by atoms with van der Waals surface area (Å²) < 4.78 is 16.8. The summed E-state index contributed by atoms with van der Waals surface area (Å²) in [5, 5.41) is 0. The topological polar surface area (TPSA) is 145 Å². The van der Waals surface area contributed by atoms with Gasteiger partial charge in [0.1, 0.15) is 19.8 Å². The number of hydrogen-bond donors (Lipinski definition) is 3. The molecule has 186 valence electrons. The number of rotatable bonds is 15. The molecule has 0 bridgehead atoms. The molecule has 1 aromatic rings. The highest BCUT2D eigenvalue weighted by atomic mass is 32.1. The van der Waals surface area contributed by atoms with Crippen LogP contribution in [0.2, 0.25) is 0 Å². The highest BCUT2D eigenvalue weighted by Gasteiger charge is 2.18. The Morgan fingerprint density at radius 1 is 0.545 bits per heavy atom. The molecule has 15 heteroatoms. The highest BCUT2D eigenvalue weighted by Crippen LogP contribution is 1.93. The van der Waals surface area contributed by atoms with Gasteiger partial charge >= 0.3 is 35.0 Å². The number of carbonyl (C=O) groups is 3. The van der Waals surface area contributed by atoms with Crippen molar-refractivity contribution in [3.63, 3.8) is 0 Å². The van der Waals surface area contributed by atoms with Gasteiger partial charge in [-0.15, -0.1) is 0 Å². The van der Waals surface area contributed by atoms with Crippen LogP contribution in [0.3, 0.4) is 0 Å². The van der Waals surface area contributed by atoms with Gasteiger partial charge in [0.25, 0.3) is 0 Å². The summed E-state index contributed by atoms with van der Waals surface area (Å²) in [6.07, 6.45) is -0.561. The summed E-state index contributed by atoms with van der Waals surface area (Å²) >= 11 is 11.8. The van der Waals surface area contributed by atoms with Gasteiger partial charge in [0, 0.05) is 30.3 Å². The van der Waals surface area contributed by atoms with Crippen molar-refractivity contribution in [3.8, 4) is 0 Å². The van der Waals surface area contributed by atoms with Crippen molar-refractivity contribution < 1.29 is 28.6 Å². The summed E-state index contributed by atoms with van der Waals surface area (Å²) in [7, 11) is 0. The van der Waals surface area contributed by atoms with Crippen LogP contribution in [0.1, 0.15) is 19.3 Å². The Bertz CT molecular complexity index is 925. The maximum Gasteiger partial charge on any atom is 0.336 e. The summed E-state index contributed by atoms with van der Waals surface area (Å²) in [5.74, 6) is -1.00. The summed E-state index contributed by atoms with van der Waals surface area (Å²) in [5.41, 5.74) is -2.95. The van der Waals surface area contributed by atoms with E-state index in [0.717, 1.165) is 0 Å². The molecule has 0 aliphatic rings. The van der Waals surface area contributed by atoms with Gasteiger partial charge in [0.15, 0.2) is 0 Å². The molecule has 12 nitrogen and oxygen atoms in total. The van der Waals surface area contributed by atoms with Gasteiger partial charge in [-0.2, -0.15) is 37.9 Å². The van der Waals surface area contributed by atoms with E-state index in [2.05, 4.69) is 37.9 Å². The predicted molar refractivity (Wildman–Crippen MR) is 128 cm³/mol. The van der Waals surface area contributed by atoms with Gasteiger partial charge in [-0.25, -0.2) is 28.1 Å². The first-order valence-corrected chi connectivity index (χ1v) is 11.9. The van der Waals surface area contributed by atoms with Gasteiger partial charge in [-0.05, 0) is 0 Å². The quantitative estimate of drug-likeness (QED) is 0.145. The van der Waals surface area contributed by atoms with E-state index in [1.54, 1.807) is 0 Å². The second-order valence-corrected chi connectivity index (χ2v) is 7.73. The fraction of sp³-hybridized carbons (Fsp3) is 0.667. The van der Waals surface area contributed by atoms with Gasteiger partial charge in [-0.3, -0.25) is 14.4 Å². The summed E-state index contributed by atoms with van der Waals surface area (Å²) in [6.45, 7) is -1.21. The molecule has 0 aliphatic heterocycles. The molecule has 0 spiro atoms. The van der Waals surface area contributed by atoms with Crippen LogP contribution in [0.15, 0.2) is 14.4 Å². The molecule has 0 N–H and O–H groups in total. The van der Waals surface area contributed by atoms with E-state index in [1.165, 1.54) is 0 Å². The first kappa shape index (κ1) is 28.9. The molecule has 1 rings (SSSR count). The zero-order valence-corrected chi connectivity index (χ0v) is 20.5. The molecule has 0 amide bonds. The largest absolute Gasteiger partial charge is 0.465 e. The van der Waals surface area contributed by atoms with Crippen LogP contribution < -0.4 is 17.1 Å². The van der Waals surface area contributed by atoms with Crippen molar-refractivity contribution in [1.82, 2.24) is 13.7 Å². The number of aromatic nitrogens is 3. The number of nitrogens with zero attached hydrogens (tertiary/aromatic N) is 3. The van der Waals surface area contributed by atoms with Gasteiger partial charge < -0.3 is 14.2 Å². The Kier molecular flexibility index (Phi) is 13.7. The lowest BCUT2D eigenvalue weighted by molar-refractivity contribution is -0.144. The first-order valence-electron chi connectivity index (χ1n) is 10.0. The molecule has 0 radical (unpaired) electrons. The maximum absolute atomic E-state index is 12.8. The molecule has 0 saturated carbocycles. The van der Waals surface area contributed by atoms with Crippen molar-refractivity contribution in [2.24, 2.45) is 0 Å². The Morgan fingerprint density at radius 3 is 1.30 bits per heavy atom. The number of esters is 3. The van der Waals surface area contributed by atoms with E-state index in [1.807, 2.05) is 0 Å². The second kappa shape index (κ2) is 15.7.